The van der Waals surface area contributed by atoms with Crippen molar-refractivity contribution in [3.8, 4) is 0 Å². The minimum atomic E-state index is -3.65. The summed E-state index contributed by atoms with van der Waals surface area (Å²) in [6.07, 6.45) is 2.53. The number of nitrogens with two attached hydrogens (primary N) is 1. The maximum atomic E-state index is 12.5. The van der Waals surface area contributed by atoms with E-state index < -0.39 is 10.0 Å². The number of amides is 1. The molecule has 1 heterocycles. The number of hydrogen-bond donors (Lipinski definition) is 1. The Morgan fingerprint density at radius 3 is 2.52 bits per heavy atom. The Hall–Kier alpha value is -1.48. The molecule has 0 spiro atoms. The molecule has 0 unspecified atom stereocenters. The van der Waals surface area contributed by atoms with Crippen molar-refractivity contribution < 1.29 is 17.9 Å². The predicted octanol–water partition coefficient (Wildman–Crippen LogP) is 0.664. The highest BCUT2D eigenvalue weighted by atomic mass is 32.2. The van der Waals surface area contributed by atoms with E-state index in [-0.39, 0.29) is 23.5 Å². The number of rotatable bonds is 8. The third-order valence-electron chi connectivity index (χ3n) is 4.31. The first-order chi connectivity index (χ1) is 11.9. The van der Waals surface area contributed by atoms with Gasteiger partial charge >= 0.3 is 0 Å². The maximum absolute atomic E-state index is 12.5. The molecule has 1 saturated heterocycles. The molecule has 8 heteroatoms. The molecule has 0 bridgehead atoms. The minimum absolute atomic E-state index is 0.154. The normalized spacial score (nSPS) is 16.4. The van der Waals surface area contributed by atoms with Gasteiger partial charge in [-0.3, -0.25) is 4.79 Å². The third kappa shape index (κ3) is 5.50. The summed E-state index contributed by atoms with van der Waals surface area (Å²) in [6, 6.07) is 8.14. The summed E-state index contributed by atoms with van der Waals surface area (Å²) in [5.41, 5.74) is 5.44. The molecule has 0 radical (unpaired) electrons. The largest absolute Gasteiger partial charge is 0.378 e. The van der Waals surface area contributed by atoms with Crippen LogP contribution in [0.2, 0.25) is 0 Å². The van der Waals surface area contributed by atoms with E-state index in [1.165, 1.54) is 19.2 Å². The van der Waals surface area contributed by atoms with Crippen molar-refractivity contribution in [1.29, 1.82) is 0 Å². The van der Waals surface area contributed by atoms with Crippen molar-refractivity contribution >= 4 is 15.9 Å². The summed E-state index contributed by atoms with van der Waals surface area (Å²) in [5.74, 6) is -0.178. The maximum Gasteiger partial charge on any atom is 0.243 e. The van der Waals surface area contributed by atoms with E-state index in [0.717, 1.165) is 23.6 Å². The number of carbonyl (C=O) groups is 1. The monoisotopic (exact) mass is 369 g/mol. The van der Waals surface area contributed by atoms with E-state index in [1.807, 2.05) is 0 Å². The lowest BCUT2D eigenvalue weighted by Gasteiger charge is -2.32. The molecule has 25 heavy (non-hydrogen) atoms. The van der Waals surface area contributed by atoms with E-state index in [2.05, 4.69) is 0 Å². The molecule has 2 N–H and O–H groups in total. The molecule has 1 aliphatic heterocycles. The fourth-order valence-electron chi connectivity index (χ4n) is 2.75. The van der Waals surface area contributed by atoms with Gasteiger partial charge in [0.2, 0.25) is 15.9 Å². The molecule has 2 rings (SSSR count). The summed E-state index contributed by atoms with van der Waals surface area (Å²) < 4.78 is 31.8. The SMILES string of the molecule is CN(CC(=O)N1CCC(OCCCN)CC1)S(=O)(=O)c1ccccc1. The molecule has 7 nitrogen and oxygen atoms in total. The summed E-state index contributed by atoms with van der Waals surface area (Å²) in [7, 11) is -2.22. The van der Waals surface area contributed by atoms with Crippen molar-refractivity contribution in [2.75, 3.05) is 39.8 Å². The van der Waals surface area contributed by atoms with Crippen LogP contribution in [0.4, 0.5) is 0 Å². The van der Waals surface area contributed by atoms with Crippen molar-refractivity contribution in [3.63, 3.8) is 0 Å². The number of likely N-dealkylation sites (tertiary alicyclic amines) is 1. The van der Waals surface area contributed by atoms with Crippen molar-refractivity contribution in [2.24, 2.45) is 5.73 Å². The molecule has 1 amide bonds. The number of sulfonamides is 1. The van der Waals surface area contributed by atoms with Crippen LogP contribution in [0.5, 0.6) is 0 Å². The molecular formula is C17H27N3O4S. The van der Waals surface area contributed by atoms with Crippen LogP contribution in [0.1, 0.15) is 19.3 Å². The Labute approximate surface area is 149 Å². The molecule has 0 aromatic heterocycles. The minimum Gasteiger partial charge on any atom is -0.378 e. The van der Waals surface area contributed by atoms with E-state index in [4.69, 9.17) is 10.5 Å². The number of carbonyl (C=O) groups excluding carboxylic acids is 1. The lowest BCUT2D eigenvalue weighted by Crippen LogP contribution is -2.46. The van der Waals surface area contributed by atoms with Gasteiger partial charge in [0.15, 0.2) is 0 Å². The van der Waals surface area contributed by atoms with E-state index >= 15 is 0 Å². The summed E-state index contributed by atoms with van der Waals surface area (Å²) in [4.78, 5) is 14.3. The Kier molecular flexibility index (Phi) is 7.37. The van der Waals surface area contributed by atoms with Crippen LogP contribution in [0, 0.1) is 0 Å². The highest BCUT2D eigenvalue weighted by Gasteiger charge is 2.27. The number of nitrogens with zero attached hydrogens (tertiary/aromatic N) is 2. The Morgan fingerprint density at radius 2 is 1.92 bits per heavy atom. The van der Waals surface area contributed by atoms with Gasteiger partial charge < -0.3 is 15.4 Å². The second-order valence-electron chi connectivity index (χ2n) is 6.17. The summed E-state index contributed by atoms with van der Waals surface area (Å²) >= 11 is 0. The van der Waals surface area contributed by atoms with Gasteiger partial charge in [0.25, 0.3) is 0 Å². The van der Waals surface area contributed by atoms with Gasteiger partial charge in [0.1, 0.15) is 0 Å². The van der Waals surface area contributed by atoms with Gasteiger partial charge in [0, 0.05) is 26.7 Å². The van der Waals surface area contributed by atoms with Crippen LogP contribution < -0.4 is 5.73 Å². The molecule has 0 atom stereocenters. The summed E-state index contributed by atoms with van der Waals surface area (Å²) in [6.45, 7) is 2.28. The smallest absolute Gasteiger partial charge is 0.243 e. The number of ether oxygens (including phenoxy) is 1. The lowest BCUT2D eigenvalue weighted by atomic mass is 10.1. The molecule has 0 aliphatic carbocycles. The average molecular weight is 369 g/mol. The standard InChI is InChI=1S/C17H27N3O4S/c1-19(25(22,23)16-6-3-2-4-7-16)14-17(21)20-11-8-15(9-12-20)24-13-5-10-18/h2-4,6-7,15H,5,8-14,18H2,1H3. The molecule has 1 aliphatic rings. The molecule has 1 aromatic rings. The van der Waals surface area contributed by atoms with E-state index in [9.17, 15) is 13.2 Å². The van der Waals surface area contributed by atoms with E-state index in [0.29, 0.717) is 26.2 Å². The van der Waals surface area contributed by atoms with Crippen LogP contribution in [-0.2, 0) is 19.6 Å². The zero-order chi connectivity index (χ0) is 18.3. The fraction of sp³-hybridized carbons (Fsp3) is 0.588. The van der Waals surface area contributed by atoms with Gasteiger partial charge in [-0.05, 0) is 37.9 Å². The predicted molar refractivity (Wildman–Crippen MR) is 95.5 cm³/mol. The van der Waals surface area contributed by atoms with Gasteiger partial charge in [-0.15, -0.1) is 0 Å². The lowest BCUT2D eigenvalue weighted by molar-refractivity contribution is -0.133. The van der Waals surface area contributed by atoms with Crippen LogP contribution in [0.15, 0.2) is 35.2 Å². The van der Waals surface area contributed by atoms with Crippen LogP contribution in [0.3, 0.4) is 0 Å². The van der Waals surface area contributed by atoms with Crippen molar-refractivity contribution in [3.05, 3.63) is 30.3 Å². The highest BCUT2D eigenvalue weighted by molar-refractivity contribution is 7.89. The first-order valence-corrected chi connectivity index (χ1v) is 10.00. The van der Waals surface area contributed by atoms with Gasteiger partial charge in [-0.2, -0.15) is 4.31 Å². The molecule has 0 saturated carbocycles. The van der Waals surface area contributed by atoms with Gasteiger partial charge in [-0.25, -0.2) is 8.42 Å². The average Bonchev–Trinajstić information content (AvgIpc) is 2.63. The Bertz CT molecular complexity index is 643. The first kappa shape index (κ1) is 19.8. The van der Waals surface area contributed by atoms with Gasteiger partial charge in [-0.1, -0.05) is 18.2 Å². The van der Waals surface area contributed by atoms with Crippen LogP contribution >= 0.6 is 0 Å². The third-order valence-corrected chi connectivity index (χ3v) is 6.12. The van der Waals surface area contributed by atoms with Crippen molar-refractivity contribution in [1.82, 2.24) is 9.21 Å². The molecular weight excluding hydrogens is 342 g/mol. The highest BCUT2D eigenvalue weighted by Crippen LogP contribution is 2.16. The fourth-order valence-corrected chi connectivity index (χ4v) is 3.89. The van der Waals surface area contributed by atoms with Gasteiger partial charge in [0.05, 0.1) is 17.5 Å². The number of benzene rings is 1. The summed E-state index contributed by atoms with van der Waals surface area (Å²) in [5, 5.41) is 0. The number of likely N-dealkylation sites (N-methyl/N-ethyl adjacent to an activating group) is 1. The second-order valence-corrected chi connectivity index (χ2v) is 8.21. The quantitative estimate of drug-likeness (QED) is 0.680. The molecule has 140 valence electrons. The number of hydrogen-bond acceptors (Lipinski definition) is 5. The van der Waals surface area contributed by atoms with Crippen LogP contribution in [-0.4, -0.2) is 69.5 Å². The molecule has 1 fully saturated rings. The zero-order valence-corrected chi connectivity index (χ0v) is 15.5. The van der Waals surface area contributed by atoms with Crippen molar-refractivity contribution in [2.45, 2.75) is 30.3 Å². The molecule has 1 aromatic carbocycles. The Morgan fingerprint density at radius 1 is 1.28 bits per heavy atom. The van der Waals surface area contributed by atoms with E-state index in [1.54, 1.807) is 23.1 Å². The second kappa shape index (κ2) is 9.28. The Balaban J connectivity index is 1.84. The number of piperidine rings is 1. The first-order valence-electron chi connectivity index (χ1n) is 8.56. The van der Waals surface area contributed by atoms with Crippen LogP contribution in [0.25, 0.3) is 0 Å². The zero-order valence-electron chi connectivity index (χ0n) is 14.6. The topological polar surface area (TPSA) is 92.9 Å².